The summed E-state index contributed by atoms with van der Waals surface area (Å²) in [5.41, 5.74) is 6.77. The van der Waals surface area contributed by atoms with E-state index in [-0.39, 0.29) is 10.8 Å². The van der Waals surface area contributed by atoms with E-state index in [1.165, 1.54) is 6.07 Å². The van der Waals surface area contributed by atoms with Crippen LogP contribution >= 0.6 is 12.2 Å². The standard InChI is InChI=1S/C15H14FNO2S/c1-9-7-11(4-6-13(9)16)19-14-8-10(18-2)3-5-12(14)15(17)20/h3-8H,1-2H3,(H2,17,20). The molecule has 0 saturated carbocycles. The van der Waals surface area contributed by atoms with E-state index in [1.807, 2.05) is 0 Å². The SMILES string of the molecule is COc1ccc(C(N)=S)c(Oc2ccc(F)c(C)c2)c1. The third kappa shape index (κ3) is 3.05. The van der Waals surface area contributed by atoms with Crippen LogP contribution in [0.4, 0.5) is 4.39 Å². The molecule has 2 aromatic carbocycles. The van der Waals surface area contributed by atoms with Gasteiger partial charge in [-0.1, -0.05) is 12.2 Å². The predicted molar refractivity (Wildman–Crippen MR) is 80.1 cm³/mol. The summed E-state index contributed by atoms with van der Waals surface area (Å²) in [4.78, 5) is 0.224. The summed E-state index contributed by atoms with van der Waals surface area (Å²) < 4.78 is 24.1. The highest BCUT2D eigenvalue weighted by Crippen LogP contribution is 2.30. The summed E-state index contributed by atoms with van der Waals surface area (Å²) in [6.45, 7) is 1.67. The van der Waals surface area contributed by atoms with Crippen molar-refractivity contribution in [1.82, 2.24) is 0 Å². The molecule has 2 rings (SSSR count). The lowest BCUT2D eigenvalue weighted by Crippen LogP contribution is -2.10. The minimum atomic E-state index is -0.280. The fourth-order valence-electron chi connectivity index (χ4n) is 1.73. The maximum atomic E-state index is 13.2. The van der Waals surface area contributed by atoms with Gasteiger partial charge in [-0.05, 0) is 42.8 Å². The van der Waals surface area contributed by atoms with Crippen LogP contribution in [-0.2, 0) is 0 Å². The average Bonchev–Trinajstić information content (AvgIpc) is 2.42. The van der Waals surface area contributed by atoms with Gasteiger partial charge < -0.3 is 15.2 Å². The highest BCUT2D eigenvalue weighted by molar-refractivity contribution is 7.80. The van der Waals surface area contributed by atoms with E-state index in [9.17, 15) is 4.39 Å². The zero-order valence-electron chi connectivity index (χ0n) is 11.1. The molecule has 0 aliphatic rings. The van der Waals surface area contributed by atoms with Crippen molar-refractivity contribution in [3.8, 4) is 17.2 Å². The molecule has 0 saturated heterocycles. The van der Waals surface area contributed by atoms with E-state index in [1.54, 1.807) is 44.4 Å². The topological polar surface area (TPSA) is 44.5 Å². The fraction of sp³-hybridized carbons (Fsp3) is 0.133. The van der Waals surface area contributed by atoms with Crippen LogP contribution in [0.2, 0.25) is 0 Å². The number of ether oxygens (including phenoxy) is 2. The van der Waals surface area contributed by atoms with Gasteiger partial charge >= 0.3 is 0 Å². The summed E-state index contributed by atoms with van der Waals surface area (Å²) in [7, 11) is 1.56. The van der Waals surface area contributed by atoms with Crippen LogP contribution in [0.5, 0.6) is 17.2 Å². The van der Waals surface area contributed by atoms with Crippen LogP contribution in [0.3, 0.4) is 0 Å². The number of aryl methyl sites for hydroxylation is 1. The first kappa shape index (κ1) is 14.3. The molecule has 2 N–H and O–H groups in total. The number of hydrogen-bond acceptors (Lipinski definition) is 3. The molecular weight excluding hydrogens is 277 g/mol. The highest BCUT2D eigenvalue weighted by atomic mass is 32.1. The van der Waals surface area contributed by atoms with Gasteiger partial charge in [-0.25, -0.2) is 4.39 Å². The Balaban J connectivity index is 2.40. The molecule has 0 unspecified atom stereocenters. The summed E-state index contributed by atoms with van der Waals surface area (Å²) in [5, 5.41) is 0. The lowest BCUT2D eigenvalue weighted by Gasteiger charge is -2.12. The first-order chi connectivity index (χ1) is 9.51. The number of halogens is 1. The van der Waals surface area contributed by atoms with Gasteiger partial charge in [0.2, 0.25) is 0 Å². The number of nitrogens with two attached hydrogens (primary N) is 1. The third-order valence-corrected chi connectivity index (χ3v) is 3.03. The third-order valence-electron chi connectivity index (χ3n) is 2.81. The van der Waals surface area contributed by atoms with Crippen molar-refractivity contribution in [3.63, 3.8) is 0 Å². The Bertz CT molecular complexity index is 658. The summed E-state index contributed by atoms with van der Waals surface area (Å²) in [5.74, 6) is 1.33. The molecule has 0 fully saturated rings. The van der Waals surface area contributed by atoms with Gasteiger partial charge in [0.15, 0.2) is 0 Å². The molecule has 0 radical (unpaired) electrons. The largest absolute Gasteiger partial charge is 0.497 e. The van der Waals surface area contributed by atoms with Crippen molar-refractivity contribution in [1.29, 1.82) is 0 Å². The molecule has 104 valence electrons. The molecule has 0 aliphatic heterocycles. The second kappa shape index (κ2) is 5.88. The van der Waals surface area contributed by atoms with Crippen molar-refractivity contribution >= 4 is 17.2 Å². The van der Waals surface area contributed by atoms with Crippen LogP contribution in [0.15, 0.2) is 36.4 Å². The molecule has 20 heavy (non-hydrogen) atoms. The number of rotatable bonds is 4. The van der Waals surface area contributed by atoms with Crippen molar-refractivity contribution in [3.05, 3.63) is 53.3 Å². The molecular formula is C15H14FNO2S. The van der Waals surface area contributed by atoms with E-state index in [0.29, 0.717) is 28.4 Å². The number of thiocarbonyl (C=S) groups is 1. The number of hydrogen-bond donors (Lipinski definition) is 1. The van der Waals surface area contributed by atoms with E-state index in [0.717, 1.165) is 0 Å². The first-order valence-corrected chi connectivity index (χ1v) is 6.34. The normalized spacial score (nSPS) is 10.2. The Kier molecular flexibility index (Phi) is 4.20. The van der Waals surface area contributed by atoms with Crippen molar-refractivity contribution in [2.45, 2.75) is 6.92 Å². The van der Waals surface area contributed by atoms with Crippen molar-refractivity contribution in [2.75, 3.05) is 7.11 Å². The Morgan fingerprint density at radius 1 is 1.15 bits per heavy atom. The minimum Gasteiger partial charge on any atom is -0.497 e. The second-order valence-corrected chi connectivity index (χ2v) is 4.68. The lowest BCUT2D eigenvalue weighted by atomic mass is 10.2. The highest BCUT2D eigenvalue weighted by Gasteiger charge is 2.10. The average molecular weight is 291 g/mol. The van der Waals surface area contributed by atoms with E-state index < -0.39 is 0 Å². The van der Waals surface area contributed by atoms with E-state index >= 15 is 0 Å². The van der Waals surface area contributed by atoms with Gasteiger partial charge in [0, 0.05) is 6.07 Å². The summed E-state index contributed by atoms with van der Waals surface area (Å²) in [6, 6.07) is 9.67. The van der Waals surface area contributed by atoms with Crippen LogP contribution in [-0.4, -0.2) is 12.1 Å². The van der Waals surface area contributed by atoms with Gasteiger partial charge in [-0.3, -0.25) is 0 Å². The molecule has 0 atom stereocenters. The Morgan fingerprint density at radius 2 is 1.85 bits per heavy atom. The predicted octanol–water partition coefficient (Wildman–Crippen LogP) is 3.57. The van der Waals surface area contributed by atoms with Crippen molar-refractivity contribution < 1.29 is 13.9 Å². The second-order valence-electron chi connectivity index (χ2n) is 4.24. The van der Waals surface area contributed by atoms with E-state index in [2.05, 4.69) is 0 Å². The Hall–Kier alpha value is -2.14. The number of benzene rings is 2. The number of methoxy groups -OCH3 is 1. The minimum absolute atomic E-state index is 0.224. The zero-order chi connectivity index (χ0) is 14.7. The fourth-order valence-corrected chi connectivity index (χ4v) is 1.89. The molecule has 0 bridgehead atoms. The van der Waals surface area contributed by atoms with Crippen LogP contribution in [0.1, 0.15) is 11.1 Å². The Morgan fingerprint density at radius 3 is 2.45 bits per heavy atom. The Labute approximate surface area is 122 Å². The summed E-state index contributed by atoms with van der Waals surface area (Å²) >= 11 is 4.99. The smallest absolute Gasteiger partial charge is 0.141 e. The summed E-state index contributed by atoms with van der Waals surface area (Å²) in [6.07, 6.45) is 0. The molecule has 3 nitrogen and oxygen atoms in total. The van der Waals surface area contributed by atoms with Crippen LogP contribution in [0.25, 0.3) is 0 Å². The van der Waals surface area contributed by atoms with Crippen LogP contribution in [0, 0.1) is 12.7 Å². The lowest BCUT2D eigenvalue weighted by molar-refractivity contribution is 0.408. The van der Waals surface area contributed by atoms with Gasteiger partial charge in [0.1, 0.15) is 28.1 Å². The molecule has 2 aromatic rings. The van der Waals surface area contributed by atoms with E-state index in [4.69, 9.17) is 27.4 Å². The maximum absolute atomic E-state index is 13.2. The van der Waals surface area contributed by atoms with Gasteiger partial charge in [0.05, 0.1) is 12.7 Å². The molecule has 0 aliphatic carbocycles. The van der Waals surface area contributed by atoms with Gasteiger partial charge in [-0.15, -0.1) is 0 Å². The molecule has 0 amide bonds. The molecule has 0 spiro atoms. The molecule has 0 heterocycles. The maximum Gasteiger partial charge on any atom is 0.141 e. The van der Waals surface area contributed by atoms with Crippen molar-refractivity contribution in [2.24, 2.45) is 5.73 Å². The first-order valence-electron chi connectivity index (χ1n) is 5.93. The van der Waals surface area contributed by atoms with Crippen LogP contribution < -0.4 is 15.2 Å². The molecule has 0 aromatic heterocycles. The zero-order valence-corrected chi connectivity index (χ0v) is 12.0. The monoisotopic (exact) mass is 291 g/mol. The molecule has 5 heteroatoms. The van der Waals surface area contributed by atoms with Gasteiger partial charge in [0.25, 0.3) is 0 Å². The quantitative estimate of drug-likeness (QED) is 0.875. The van der Waals surface area contributed by atoms with Gasteiger partial charge in [-0.2, -0.15) is 0 Å².